The van der Waals surface area contributed by atoms with Crippen molar-refractivity contribution in [1.29, 1.82) is 0 Å². The average Bonchev–Trinajstić information content (AvgIpc) is 2.36. The fourth-order valence-corrected chi connectivity index (χ4v) is 8.76. The molecule has 134 valence electrons. The molecular formula is C19H37N2OP. The standard InChI is InChI=1S/C19H37N2OP/c1-15(2)20(16(3)4)23(22,21(17(5)6)18(7)8)14-19-12-10-9-11-13-19/h9-13,15-18,22-23H,14H2,1-8H3. The molecule has 4 heteroatoms. The van der Waals surface area contributed by atoms with Crippen LogP contribution in [0.15, 0.2) is 30.3 Å². The van der Waals surface area contributed by atoms with Gasteiger partial charge in [-0.05, 0) is 0 Å². The fourth-order valence-electron chi connectivity index (χ4n) is 4.03. The number of hydrogen-bond donors (Lipinski definition) is 1. The SMILES string of the molecule is CC(C)N(C(C)C)[PH](O)(Cc1ccccc1)N(C(C)C)C(C)C. The van der Waals surface area contributed by atoms with E-state index in [4.69, 9.17) is 0 Å². The van der Waals surface area contributed by atoms with Gasteiger partial charge in [0.05, 0.1) is 0 Å². The molecule has 1 rings (SSSR count). The maximum atomic E-state index is 12.1. The summed E-state index contributed by atoms with van der Waals surface area (Å²) in [5.74, 6) is 0. The van der Waals surface area contributed by atoms with E-state index < -0.39 is 7.79 Å². The van der Waals surface area contributed by atoms with Crippen LogP contribution in [0.1, 0.15) is 61.0 Å². The van der Waals surface area contributed by atoms with Crippen molar-refractivity contribution in [1.82, 2.24) is 9.34 Å². The Hall–Kier alpha value is -0.470. The molecule has 0 radical (unpaired) electrons. The van der Waals surface area contributed by atoms with Crippen molar-refractivity contribution in [3.63, 3.8) is 0 Å². The fraction of sp³-hybridized carbons (Fsp3) is 0.684. The summed E-state index contributed by atoms with van der Waals surface area (Å²) in [7, 11) is -2.83. The zero-order valence-electron chi connectivity index (χ0n) is 16.2. The van der Waals surface area contributed by atoms with Gasteiger partial charge in [-0.3, -0.25) is 0 Å². The number of nitrogens with zero attached hydrogens (tertiary/aromatic N) is 2. The Morgan fingerprint density at radius 1 is 0.739 bits per heavy atom. The third kappa shape index (κ3) is 5.00. The summed E-state index contributed by atoms with van der Waals surface area (Å²) in [5.41, 5.74) is 1.22. The van der Waals surface area contributed by atoms with Gasteiger partial charge in [-0.25, -0.2) is 0 Å². The van der Waals surface area contributed by atoms with Gasteiger partial charge in [0.15, 0.2) is 0 Å². The summed E-state index contributed by atoms with van der Waals surface area (Å²) in [6.45, 7) is 17.6. The Kier molecular flexibility index (Phi) is 7.67. The first kappa shape index (κ1) is 20.6. The first-order valence-corrected chi connectivity index (χ1v) is 11.0. The van der Waals surface area contributed by atoms with Crippen molar-refractivity contribution >= 4 is 7.79 Å². The predicted molar refractivity (Wildman–Crippen MR) is 105 cm³/mol. The molecule has 0 atom stereocenters. The molecule has 3 nitrogen and oxygen atoms in total. The van der Waals surface area contributed by atoms with Gasteiger partial charge in [0, 0.05) is 0 Å². The summed E-state index contributed by atoms with van der Waals surface area (Å²) in [6, 6.07) is 11.7. The molecule has 0 spiro atoms. The van der Waals surface area contributed by atoms with Crippen LogP contribution in [0.2, 0.25) is 0 Å². The zero-order chi connectivity index (χ0) is 17.8. The summed E-state index contributed by atoms with van der Waals surface area (Å²) >= 11 is 0. The van der Waals surface area contributed by atoms with Crippen LogP contribution in [0.4, 0.5) is 0 Å². The number of benzene rings is 1. The third-order valence-corrected chi connectivity index (χ3v) is 8.94. The van der Waals surface area contributed by atoms with Gasteiger partial charge in [-0.15, -0.1) is 0 Å². The van der Waals surface area contributed by atoms with Crippen molar-refractivity contribution < 1.29 is 4.89 Å². The first-order valence-electron chi connectivity index (χ1n) is 8.94. The van der Waals surface area contributed by atoms with Crippen molar-refractivity contribution in [2.45, 2.75) is 85.7 Å². The van der Waals surface area contributed by atoms with Crippen molar-refractivity contribution in [2.75, 3.05) is 0 Å². The average molecular weight is 340 g/mol. The van der Waals surface area contributed by atoms with Crippen LogP contribution < -0.4 is 0 Å². The quantitative estimate of drug-likeness (QED) is 0.681. The Morgan fingerprint density at radius 2 is 1.09 bits per heavy atom. The van der Waals surface area contributed by atoms with Crippen LogP contribution in [0.25, 0.3) is 0 Å². The molecule has 1 N–H and O–H groups in total. The topological polar surface area (TPSA) is 26.7 Å². The molecule has 0 aromatic heterocycles. The first-order chi connectivity index (χ1) is 10.6. The third-order valence-electron chi connectivity index (χ3n) is 4.34. The van der Waals surface area contributed by atoms with Gasteiger partial charge in [0.1, 0.15) is 0 Å². The number of hydrogen-bond acceptors (Lipinski definition) is 3. The predicted octanol–water partition coefficient (Wildman–Crippen LogP) is 4.91. The van der Waals surface area contributed by atoms with Crippen molar-refractivity contribution in [3.8, 4) is 0 Å². The van der Waals surface area contributed by atoms with E-state index in [9.17, 15) is 4.89 Å². The zero-order valence-corrected chi connectivity index (χ0v) is 17.2. The van der Waals surface area contributed by atoms with E-state index >= 15 is 0 Å². The summed E-state index contributed by atoms with van der Waals surface area (Å²) in [6.07, 6.45) is 0.737. The normalized spacial score (nSPS) is 14.0. The molecule has 0 saturated heterocycles. The maximum absolute atomic E-state index is 12.1. The van der Waals surface area contributed by atoms with Crippen LogP contribution in [0.3, 0.4) is 0 Å². The molecule has 0 amide bonds. The molecular weight excluding hydrogens is 303 g/mol. The number of rotatable bonds is 8. The van der Waals surface area contributed by atoms with Crippen LogP contribution in [0, 0.1) is 0 Å². The molecule has 0 aliphatic carbocycles. The van der Waals surface area contributed by atoms with E-state index in [1.54, 1.807) is 0 Å². The van der Waals surface area contributed by atoms with Crippen molar-refractivity contribution in [3.05, 3.63) is 35.9 Å². The molecule has 0 saturated carbocycles. The summed E-state index contributed by atoms with van der Waals surface area (Å²) in [4.78, 5) is 12.1. The van der Waals surface area contributed by atoms with Crippen LogP contribution in [0.5, 0.6) is 0 Å². The Balaban J connectivity index is 3.38. The van der Waals surface area contributed by atoms with Gasteiger partial charge in [0.2, 0.25) is 0 Å². The van der Waals surface area contributed by atoms with Crippen molar-refractivity contribution in [2.24, 2.45) is 0 Å². The van der Waals surface area contributed by atoms with Crippen LogP contribution in [-0.4, -0.2) is 38.4 Å². The minimum absolute atomic E-state index is 0.315. The molecule has 0 heterocycles. The molecule has 0 aliphatic rings. The molecule has 0 aliphatic heterocycles. The van der Waals surface area contributed by atoms with E-state index in [0.717, 1.165) is 6.16 Å². The second-order valence-electron chi connectivity index (χ2n) is 7.63. The van der Waals surface area contributed by atoms with Crippen LogP contribution in [-0.2, 0) is 6.16 Å². The summed E-state index contributed by atoms with van der Waals surface area (Å²) in [5, 5.41) is 0. The minimum atomic E-state index is -2.83. The molecule has 0 unspecified atom stereocenters. The van der Waals surface area contributed by atoms with Gasteiger partial charge in [-0.1, -0.05) is 0 Å². The van der Waals surface area contributed by atoms with E-state index in [-0.39, 0.29) is 0 Å². The van der Waals surface area contributed by atoms with Crippen LogP contribution >= 0.6 is 7.79 Å². The van der Waals surface area contributed by atoms with E-state index in [1.807, 2.05) is 6.07 Å². The molecule has 1 aromatic rings. The van der Waals surface area contributed by atoms with Gasteiger partial charge in [-0.2, -0.15) is 0 Å². The Morgan fingerprint density at radius 3 is 1.39 bits per heavy atom. The molecule has 1 aromatic carbocycles. The second kappa shape index (κ2) is 8.58. The van der Waals surface area contributed by atoms with Gasteiger partial charge in [0.25, 0.3) is 0 Å². The second-order valence-corrected chi connectivity index (χ2v) is 10.6. The van der Waals surface area contributed by atoms with Gasteiger partial charge >= 0.3 is 144 Å². The van der Waals surface area contributed by atoms with Gasteiger partial charge < -0.3 is 0 Å². The van der Waals surface area contributed by atoms with E-state index in [1.165, 1.54) is 5.56 Å². The summed E-state index contributed by atoms with van der Waals surface area (Å²) < 4.78 is 4.75. The van der Waals surface area contributed by atoms with E-state index in [0.29, 0.717) is 24.2 Å². The molecule has 0 fully saturated rings. The monoisotopic (exact) mass is 340 g/mol. The van der Waals surface area contributed by atoms with E-state index in [2.05, 4.69) is 89.0 Å². The molecule has 23 heavy (non-hydrogen) atoms. The Bertz CT molecular complexity index is 424. The molecule has 0 bridgehead atoms. The Labute approximate surface area is 144 Å².